The van der Waals surface area contributed by atoms with E-state index in [1.807, 2.05) is 35.2 Å². The molecule has 2 aromatic carbocycles. The summed E-state index contributed by atoms with van der Waals surface area (Å²) in [7, 11) is 0. The van der Waals surface area contributed by atoms with E-state index >= 15 is 0 Å². The summed E-state index contributed by atoms with van der Waals surface area (Å²) >= 11 is 1.58. The number of piperazine rings is 1. The van der Waals surface area contributed by atoms with Crippen LogP contribution in [0.1, 0.15) is 52.0 Å². The molecule has 2 aromatic heterocycles. The van der Waals surface area contributed by atoms with Crippen molar-refractivity contribution in [3.8, 4) is 5.75 Å². The number of ether oxygens (including phenoxy) is 1. The third-order valence-electron chi connectivity index (χ3n) is 7.73. The van der Waals surface area contributed by atoms with Gasteiger partial charge in [0, 0.05) is 51.6 Å². The van der Waals surface area contributed by atoms with Gasteiger partial charge in [0.15, 0.2) is 0 Å². The van der Waals surface area contributed by atoms with Crippen molar-refractivity contribution in [3.05, 3.63) is 64.8 Å². The van der Waals surface area contributed by atoms with Gasteiger partial charge in [0.1, 0.15) is 23.1 Å². The number of hydrogen-bond acceptors (Lipinski definition) is 7. The Morgan fingerprint density at radius 1 is 0.881 bits per heavy atom. The molecule has 0 atom stereocenters. The smallest absolute Gasteiger partial charge is 0.272 e. The fraction of sp³-hybridized carbons (Fsp3) is 0.419. The number of carbonyl (C=O) groups excluding carboxylic acids is 2. The maximum atomic E-state index is 13.8. The lowest BCUT2D eigenvalue weighted by atomic mass is 10.0. The van der Waals surface area contributed by atoms with Gasteiger partial charge in [-0.15, -0.1) is 11.3 Å². The standard InChI is InChI=1S/C31H33F2N5O3S/c1-31(32,33)20-36-13-15-38(16-14-36)30(40)26-18-23(29(39)37-11-5-2-6-12-37)22-17-21(9-10-24(22)34-26)41-19-28-35-25-7-3-4-8-27(25)42-28/h3-4,7-10,17-18H,2,5-6,11-16,19-20H2,1H3. The maximum Gasteiger partial charge on any atom is 0.272 e. The van der Waals surface area contributed by atoms with Crippen LogP contribution in [0, 0.1) is 0 Å². The van der Waals surface area contributed by atoms with Gasteiger partial charge in [-0.1, -0.05) is 12.1 Å². The molecule has 0 spiro atoms. The molecular formula is C31H33F2N5O3S. The van der Waals surface area contributed by atoms with Gasteiger partial charge < -0.3 is 14.5 Å². The molecule has 2 amide bonds. The quantitative estimate of drug-likeness (QED) is 0.283. The third kappa shape index (κ3) is 6.37. The van der Waals surface area contributed by atoms with Crippen molar-refractivity contribution < 1.29 is 23.1 Å². The van der Waals surface area contributed by atoms with Crippen molar-refractivity contribution in [3.63, 3.8) is 0 Å². The van der Waals surface area contributed by atoms with Gasteiger partial charge in [0.2, 0.25) is 0 Å². The average Bonchev–Trinajstić information content (AvgIpc) is 3.42. The summed E-state index contributed by atoms with van der Waals surface area (Å²) in [6.07, 6.45) is 2.97. The number of carbonyl (C=O) groups is 2. The highest BCUT2D eigenvalue weighted by atomic mass is 32.1. The molecule has 0 aliphatic carbocycles. The van der Waals surface area contributed by atoms with Crippen LogP contribution in [0.4, 0.5) is 8.78 Å². The molecule has 0 radical (unpaired) electrons. The first-order chi connectivity index (χ1) is 20.2. The predicted octanol–water partition coefficient (Wildman–Crippen LogP) is 5.46. The summed E-state index contributed by atoms with van der Waals surface area (Å²) in [5, 5.41) is 1.47. The molecule has 0 bridgehead atoms. The molecule has 0 saturated carbocycles. The summed E-state index contributed by atoms with van der Waals surface area (Å²) < 4.78 is 34.1. The predicted molar refractivity (Wildman–Crippen MR) is 158 cm³/mol. The Kier molecular flexibility index (Phi) is 8.04. The van der Waals surface area contributed by atoms with E-state index in [9.17, 15) is 18.4 Å². The average molecular weight is 594 g/mol. The summed E-state index contributed by atoms with van der Waals surface area (Å²) in [5.74, 6) is -2.63. The fourth-order valence-corrected chi connectivity index (χ4v) is 6.52. The van der Waals surface area contributed by atoms with Crippen molar-refractivity contribution in [1.29, 1.82) is 0 Å². The monoisotopic (exact) mass is 593 g/mol. The van der Waals surface area contributed by atoms with E-state index in [1.54, 1.807) is 39.3 Å². The second kappa shape index (κ2) is 11.9. The first kappa shape index (κ1) is 28.4. The number of rotatable bonds is 7. The SMILES string of the molecule is CC(F)(F)CN1CCN(C(=O)c2cc(C(=O)N3CCCCC3)c3cc(OCc4nc5ccccc5s4)ccc3n2)CC1. The zero-order valence-corrected chi connectivity index (χ0v) is 24.3. The molecule has 0 N–H and O–H groups in total. The number of piperidine rings is 1. The highest BCUT2D eigenvalue weighted by Gasteiger charge is 2.30. The van der Waals surface area contributed by atoms with Gasteiger partial charge >= 0.3 is 0 Å². The number of thiazole rings is 1. The highest BCUT2D eigenvalue weighted by Crippen LogP contribution is 2.28. The topological polar surface area (TPSA) is 78.9 Å². The number of alkyl halides is 2. The minimum atomic E-state index is -2.78. The number of aromatic nitrogens is 2. The molecule has 6 rings (SSSR count). The van der Waals surface area contributed by atoms with E-state index < -0.39 is 5.92 Å². The Hall–Kier alpha value is -3.70. The number of pyridine rings is 1. The number of halogens is 2. The molecule has 11 heteroatoms. The van der Waals surface area contributed by atoms with Crippen molar-refractivity contribution >= 4 is 44.3 Å². The molecule has 2 aliphatic rings. The van der Waals surface area contributed by atoms with Crippen LogP contribution in [0.25, 0.3) is 21.1 Å². The van der Waals surface area contributed by atoms with Crippen molar-refractivity contribution in [1.82, 2.24) is 24.7 Å². The molecule has 2 saturated heterocycles. The number of likely N-dealkylation sites (tertiary alicyclic amines) is 1. The van der Waals surface area contributed by atoms with Crippen LogP contribution in [0.5, 0.6) is 5.75 Å². The Bertz CT molecular complexity index is 1570. The van der Waals surface area contributed by atoms with Crippen LogP contribution in [0.2, 0.25) is 0 Å². The van der Waals surface area contributed by atoms with Crippen LogP contribution < -0.4 is 4.74 Å². The Morgan fingerprint density at radius 3 is 2.36 bits per heavy atom. The van der Waals surface area contributed by atoms with E-state index in [4.69, 9.17) is 4.74 Å². The Labute approximate surface area is 246 Å². The van der Waals surface area contributed by atoms with Crippen molar-refractivity contribution in [2.45, 2.75) is 38.7 Å². The Morgan fingerprint density at radius 2 is 1.62 bits per heavy atom. The van der Waals surface area contributed by atoms with E-state index in [0.29, 0.717) is 68.1 Å². The second-order valence-corrected chi connectivity index (χ2v) is 12.2. The molecule has 2 aliphatic heterocycles. The molecule has 8 nitrogen and oxygen atoms in total. The van der Waals surface area contributed by atoms with Crippen molar-refractivity contribution in [2.75, 3.05) is 45.8 Å². The molecule has 0 unspecified atom stereocenters. The molecular weight excluding hydrogens is 560 g/mol. The highest BCUT2D eigenvalue weighted by molar-refractivity contribution is 7.18. The number of fused-ring (bicyclic) bond motifs is 2. The van der Waals surface area contributed by atoms with Gasteiger partial charge in [-0.05, 0) is 55.7 Å². The fourth-order valence-electron chi connectivity index (χ4n) is 5.64. The summed E-state index contributed by atoms with van der Waals surface area (Å²) in [5.41, 5.74) is 2.05. The van der Waals surface area contributed by atoms with Gasteiger partial charge in [0.25, 0.3) is 17.7 Å². The lowest BCUT2D eigenvalue weighted by Crippen LogP contribution is -2.51. The summed E-state index contributed by atoms with van der Waals surface area (Å²) in [6.45, 7) is 3.57. The zero-order valence-electron chi connectivity index (χ0n) is 23.5. The molecule has 42 heavy (non-hydrogen) atoms. The molecule has 220 valence electrons. The summed E-state index contributed by atoms with van der Waals surface area (Å²) in [6, 6.07) is 14.9. The minimum absolute atomic E-state index is 0.130. The van der Waals surface area contributed by atoms with Crippen molar-refractivity contribution in [2.24, 2.45) is 0 Å². The van der Waals surface area contributed by atoms with Crippen LogP contribution in [0.15, 0.2) is 48.5 Å². The number of hydrogen-bond donors (Lipinski definition) is 0. The minimum Gasteiger partial charge on any atom is -0.486 e. The summed E-state index contributed by atoms with van der Waals surface area (Å²) in [4.78, 5) is 41.7. The van der Waals surface area contributed by atoms with E-state index in [1.165, 1.54) is 0 Å². The largest absolute Gasteiger partial charge is 0.486 e. The number of benzene rings is 2. The Balaban J connectivity index is 1.26. The van der Waals surface area contributed by atoms with Crippen LogP contribution in [0.3, 0.4) is 0 Å². The second-order valence-electron chi connectivity index (χ2n) is 11.1. The third-order valence-corrected chi connectivity index (χ3v) is 8.74. The van der Waals surface area contributed by atoms with Gasteiger partial charge in [-0.3, -0.25) is 14.5 Å². The maximum absolute atomic E-state index is 13.8. The molecule has 2 fully saturated rings. The van der Waals surface area contributed by atoms with E-state index in [2.05, 4.69) is 9.97 Å². The lowest BCUT2D eigenvalue weighted by molar-refractivity contribution is -0.0241. The lowest BCUT2D eigenvalue weighted by Gasteiger charge is -2.35. The van der Waals surface area contributed by atoms with Gasteiger partial charge in [-0.25, -0.2) is 18.7 Å². The van der Waals surface area contributed by atoms with Crippen LogP contribution in [-0.4, -0.2) is 88.2 Å². The van der Waals surface area contributed by atoms with Gasteiger partial charge in [-0.2, -0.15) is 0 Å². The zero-order chi connectivity index (χ0) is 29.3. The molecule has 4 heterocycles. The number of nitrogens with zero attached hydrogens (tertiary/aromatic N) is 5. The normalized spacial score (nSPS) is 16.7. The first-order valence-electron chi connectivity index (χ1n) is 14.3. The molecule has 4 aromatic rings. The van der Waals surface area contributed by atoms with Crippen LogP contribution >= 0.6 is 11.3 Å². The van der Waals surface area contributed by atoms with E-state index in [-0.39, 0.29) is 24.1 Å². The van der Waals surface area contributed by atoms with Gasteiger partial charge in [0.05, 0.1) is 27.8 Å². The first-order valence-corrected chi connectivity index (χ1v) is 15.2. The van der Waals surface area contributed by atoms with Crippen LogP contribution in [-0.2, 0) is 6.61 Å². The number of para-hydroxylation sites is 1. The number of amides is 2. The van der Waals surface area contributed by atoms with E-state index in [0.717, 1.165) is 41.4 Å².